The summed E-state index contributed by atoms with van der Waals surface area (Å²) in [6.45, 7) is 13.5. The largest absolute Gasteiger partial charge is 0.492 e. The van der Waals surface area contributed by atoms with Crippen LogP contribution in [0.15, 0.2) is 23.7 Å². The van der Waals surface area contributed by atoms with Gasteiger partial charge in [-0.05, 0) is 71.6 Å². The van der Waals surface area contributed by atoms with Crippen molar-refractivity contribution in [1.29, 1.82) is 0 Å². The molecule has 8 nitrogen and oxygen atoms in total. The molecular weight excluding hydrogens is 399 g/mol. The van der Waals surface area contributed by atoms with E-state index in [0.29, 0.717) is 16.9 Å². The molecule has 1 aromatic carbocycles. The van der Waals surface area contributed by atoms with E-state index in [4.69, 9.17) is 18.8 Å². The number of fused-ring (bicyclic) bond motifs is 1. The molecule has 2 N–H and O–H groups in total. The summed E-state index contributed by atoms with van der Waals surface area (Å²) in [6, 6.07) is 5.48. The van der Waals surface area contributed by atoms with E-state index >= 15 is 0 Å². The van der Waals surface area contributed by atoms with Crippen LogP contribution in [0.5, 0.6) is 5.75 Å². The van der Waals surface area contributed by atoms with Gasteiger partial charge in [0.15, 0.2) is 6.61 Å². The fourth-order valence-corrected chi connectivity index (χ4v) is 3.09. The van der Waals surface area contributed by atoms with Gasteiger partial charge in [0.05, 0.1) is 16.9 Å². The Morgan fingerprint density at radius 3 is 2.48 bits per heavy atom. The number of carbonyl (C=O) groups is 2. The monoisotopic (exact) mass is 430 g/mol. The molecule has 1 aromatic rings. The van der Waals surface area contributed by atoms with E-state index in [0.717, 1.165) is 5.56 Å². The molecule has 0 saturated carbocycles. The Morgan fingerprint density at radius 2 is 1.87 bits per heavy atom. The van der Waals surface area contributed by atoms with Crippen LogP contribution in [-0.4, -0.2) is 49.1 Å². The Labute approximate surface area is 183 Å². The van der Waals surface area contributed by atoms with Crippen molar-refractivity contribution in [2.45, 2.75) is 65.3 Å². The SMILES string of the molecule is CC(C)(C)OC(=O)NCC(=Cc1ccc2c(c1)NC(=O)CO2)B1OC(C)(C)C(C)(C)O1. The molecule has 1 saturated heterocycles. The van der Waals surface area contributed by atoms with Gasteiger partial charge in [0.25, 0.3) is 5.91 Å². The van der Waals surface area contributed by atoms with Gasteiger partial charge in [-0.1, -0.05) is 12.1 Å². The summed E-state index contributed by atoms with van der Waals surface area (Å²) in [5.41, 5.74) is 0.460. The molecule has 31 heavy (non-hydrogen) atoms. The minimum Gasteiger partial charge on any atom is -0.482 e. The first-order valence-electron chi connectivity index (χ1n) is 10.4. The van der Waals surface area contributed by atoms with Gasteiger partial charge in [0.2, 0.25) is 0 Å². The molecule has 3 rings (SSSR count). The van der Waals surface area contributed by atoms with Crippen molar-refractivity contribution in [2.24, 2.45) is 0 Å². The van der Waals surface area contributed by atoms with Gasteiger partial charge in [0.1, 0.15) is 11.4 Å². The lowest BCUT2D eigenvalue weighted by Gasteiger charge is -2.32. The molecule has 0 bridgehead atoms. The lowest BCUT2D eigenvalue weighted by Crippen LogP contribution is -2.41. The Balaban J connectivity index is 1.86. The zero-order valence-corrected chi connectivity index (χ0v) is 19.3. The normalized spacial score (nSPS) is 19.9. The van der Waals surface area contributed by atoms with E-state index in [9.17, 15) is 9.59 Å². The van der Waals surface area contributed by atoms with Crippen LogP contribution in [0.25, 0.3) is 6.08 Å². The Morgan fingerprint density at radius 1 is 1.23 bits per heavy atom. The average Bonchev–Trinajstić information content (AvgIpc) is 2.84. The van der Waals surface area contributed by atoms with E-state index in [2.05, 4.69) is 10.6 Å². The number of hydrogen-bond donors (Lipinski definition) is 2. The highest BCUT2D eigenvalue weighted by Gasteiger charge is 2.52. The second-order valence-electron chi connectivity index (χ2n) is 9.76. The number of anilines is 1. The van der Waals surface area contributed by atoms with E-state index in [1.807, 2.05) is 45.9 Å². The third kappa shape index (κ3) is 5.59. The van der Waals surface area contributed by atoms with Gasteiger partial charge >= 0.3 is 13.2 Å². The lowest BCUT2D eigenvalue weighted by molar-refractivity contribution is -0.118. The van der Waals surface area contributed by atoms with Gasteiger partial charge in [-0.25, -0.2) is 4.79 Å². The predicted octanol–water partition coefficient (Wildman–Crippen LogP) is 3.56. The highest BCUT2D eigenvalue weighted by Crippen LogP contribution is 2.39. The Hall–Kier alpha value is -2.52. The maximum Gasteiger partial charge on any atom is 0.492 e. The summed E-state index contributed by atoms with van der Waals surface area (Å²) < 4.78 is 23.1. The van der Waals surface area contributed by atoms with Crippen LogP contribution in [-0.2, 0) is 18.8 Å². The maximum atomic E-state index is 12.2. The first-order valence-corrected chi connectivity index (χ1v) is 10.4. The molecule has 2 aliphatic rings. The standard InChI is InChI=1S/C22H31BN2O6/c1-20(2,3)29-19(27)24-12-15(23-30-21(4,5)22(6,7)31-23)10-14-8-9-17-16(11-14)25-18(26)13-28-17/h8-11H,12-13H2,1-7H3,(H,24,27)(H,25,26). The van der Waals surface area contributed by atoms with Crippen molar-refractivity contribution in [1.82, 2.24) is 5.32 Å². The van der Waals surface area contributed by atoms with Crippen LogP contribution in [0.1, 0.15) is 54.0 Å². The third-order valence-electron chi connectivity index (χ3n) is 5.38. The van der Waals surface area contributed by atoms with E-state index < -0.39 is 30.0 Å². The molecular formula is C22H31BN2O6. The number of amides is 2. The molecule has 2 amide bonds. The average molecular weight is 430 g/mol. The molecule has 0 radical (unpaired) electrons. The predicted molar refractivity (Wildman–Crippen MR) is 119 cm³/mol. The van der Waals surface area contributed by atoms with Crippen LogP contribution >= 0.6 is 0 Å². The van der Waals surface area contributed by atoms with Crippen LogP contribution in [0.2, 0.25) is 0 Å². The van der Waals surface area contributed by atoms with Gasteiger partial charge < -0.3 is 29.4 Å². The summed E-state index contributed by atoms with van der Waals surface area (Å²) in [4.78, 5) is 23.9. The number of alkyl carbamates (subject to hydrolysis) is 1. The second kappa shape index (κ2) is 8.20. The summed E-state index contributed by atoms with van der Waals surface area (Å²) in [6.07, 6.45) is 1.35. The van der Waals surface area contributed by atoms with Crippen molar-refractivity contribution >= 4 is 30.9 Å². The zero-order chi connectivity index (χ0) is 23.0. The quantitative estimate of drug-likeness (QED) is 0.710. The number of rotatable bonds is 4. The highest BCUT2D eigenvalue weighted by atomic mass is 16.7. The third-order valence-corrected chi connectivity index (χ3v) is 5.38. The number of ether oxygens (including phenoxy) is 2. The van der Waals surface area contributed by atoms with Gasteiger partial charge in [-0.2, -0.15) is 0 Å². The van der Waals surface area contributed by atoms with E-state index in [1.165, 1.54) is 0 Å². The van der Waals surface area contributed by atoms with Crippen LogP contribution < -0.4 is 15.4 Å². The summed E-state index contributed by atoms with van der Waals surface area (Å²) in [5, 5.41) is 5.58. The Bertz CT molecular complexity index is 888. The molecule has 0 aromatic heterocycles. The van der Waals surface area contributed by atoms with Crippen LogP contribution in [0.4, 0.5) is 10.5 Å². The molecule has 2 aliphatic heterocycles. The van der Waals surface area contributed by atoms with Crippen molar-refractivity contribution in [3.05, 3.63) is 29.2 Å². The molecule has 0 aliphatic carbocycles. The molecule has 168 valence electrons. The molecule has 0 unspecified atom stereocenters. The minimum absolute atomic E-state index is 0.00115. The maximum absolute atomic E-state index is 12.2. The van der Waals surface area contributed by atoms with E-state index in [1.54, 1.807) is 26.8 Å². The highest BCUT2D eigenvalue weighted by molar-refractivity contribution is 6.56. The smallest absolute Gasteiger partial charge is 0.482 e. The van der Waals surface area contributed by atoms with Crippen LogP contribution in [0.3, 0.4) is 0 Å². The summed E-state index contributed by atoms with van der Waals surface area (Å²) in [7, 11) is -0.651. The zero-order valence-electron chi connectivity index (χ0n) is 19.3. The van der Waals surface area contributed by atoms with Gasteiger partial charge in [0, 0.05) is 6.54 Å². The Kier molecular flexibility index (Phi) is 6.13. The molecule has 9 heteroatoms. The number of hydrogen-bond acceptors (Lipinski definition) is 6. The fourth-order valence-electron chi connectivity index (χ4n) is 3.09. The van der Waals surface area contributed by atoms with Crippen molar-refractivity contribution in [3.63, 3.8) is 0 Å². The van der Waals surface area contributed by atoms with Crippen LogP contribution in [0, 0.1) is 0 Å². The molecule has 0 atom stereocenters. The summed E-state index contributed by atoms with van der Waals surface area (Å²) >= 11 is 0. The number of benzene rings is 1. The number of carbonyl (C=O) groups excluding carboxylic acids is 2. The van der Waals surface area contributed by atoms with Gasteiger partial charge in [-0.15, -0.1) is 0 Å². The lowest BCUT2D eigenvalue weighted by atomic mass is 9.77. The van der Waals surface area contributed by atoms with Crippen molar-refractivity contribution in [2.75, 3.05) is 18.5 Å². The fraction of sp³-hybridized carbons (Fsp3) is 0.545. The molecule has 1 fully saturated rings. The molecule has 0 spiro atoms. The van der Waals surface area contributed by atoms with Crippen molar-refractivity contribution in [3.8, 4) is 5.75 Å². The van der Waals surface area contributed by atoms with Gasteiger partial charge in [-0.3, -0.25) is 4.79 Å². The first kappa shape index (κ1) is 23.2. The number of nitrogens with one attached hydrogen (secondary N) is 2. The van der Waals surface area contributed by atoms with Crippen molar-refractivity contribution < 1.29 is 28.4 Å². The topological polar surface area (TPSA) is 95.1 Å². The van der Waals surface area contributed by atoms with E-state index in [-0.39, 0.29) is 19.1 Å². The molecule has 2 heterocycles. The minimum atomic E-state index is -0.651. The second-order valence-corrected chi connectivity index (χ2v) is 9.76. The first-order chi connectivity index (χ1) is 14.3. The summed E-state index contributed by atoms with van der Waals surface area (Å²) in [5.74, 6) is 0.409.